The number of hydrogen-bond donors (Lipinski definition) is 0. The van der Waals surface area contributed by atoms with Crippen molar-refractivity contribution in [2.24, 2.45) is 5.92 Å². The zero-order valence-electron chi connectivity index (χ0n) is 18.4. The molecule has 0 saturated carbocycles. The van der Waals surface area contributed by atoms with Crippen LogP contribution in [0.4, 0.5) is 14.5 Å². The van der Waals surface area contributed by atoms with Crippen LogP contribution in [0.25, 0.3) is 5.57 Å². The first-order valence-corrected chi connectivity index (χ1v) is 10.9. The van der Waals surface area contributed by atoms with Crippen LogP contribution in [0, 0.1) is 17.6 Å². The average molecular weight is 440 g/mol. The molecule has 2 aliphatic rings. The van der Waals surface area contributed by atoms with Crippen molar-refractivity contribution in [3.63, 3.8) is 0 Å². The molecule has 168 valence electrons. The molecule has 0 N–H and O–H groups in total. The Morgan fingerprint density at radius 3 is 2.22 bits per heavy atom. The zero-order chi connectivity index (χ0) is 23.0. The highest BCUT2D eigenvalue weighted by atomic mass is 19.1. The maximum Gasteiger partial charge on any atom is 0.282 e. The molecule has 32 heavy (non-hydrogen) atoms. The van der Waals surface area contributed by atoms with Crippen LogP contribution < -0.4 is 9.64 Å². The molecule has 0 unspecified atom stereocenters. The first kappa shape index (κ1) is 22.0. The van der Waals surface area contributed by atoms with E-state index < -0.39 is 23.4 Å². The highest BCUT2D eigenvalue weighted by Crippen LogP contribution is 2.37. The molecular formula is C25H26F2N2O3. The molecule has 1 saturated heterocycles. The lowest BCUT2D eigenvalue weighted by Crippen LogP contribution is -2.38. The molecular weight excluding hydrogens is 414 g/mol. The van der Waals surface area contributed by atoms with Crippen molar-refractivity contribution in [1.29, 1.82) is 0 Å². The molecule has 2 aliphatic heterocycles. The number of ether oxygens (including phenoxy) is 1. The van der Waals surface area contributed by atoms with Gasteiger partial charge in [0.15, 0.2) is 0 Å². The summed E-state index contributed by atoms with van der Waals surface area (Å²) in [6, 6.07) is 9.79. The van der Waals surface area contributed by atoms with Gasteiger partial charge in [-0.3, -0.25) is 9.59 Å². The molecule has 1 fully saturated rings. The molecule has 0 aliphatic carbocycles. The Balaban J connectivity index is 1.78. The van der Waals surface area contributed by atoms with Crippen molar-refractivity contribution in [2.45, 2.75) is 39.7 Å². The second kappa shape index (κ2) is 8.73. The lowest BCUT2D eigenvalue weighted by Gasteiger charge is -2.32. The molecule has 2 aromatic rings. The predicted octanol–water partition coefficient (Wildman–Crippen LogP) is 4.77. The van der Waals surface area contributed by atoms with Gasteiger partial charge in [-0.25, -0.2) is 13.7 Å². The summed E-state index contributed by atoms with van der Waals surface area (Å²) in [5.74, 6) is -1.76. The SMILES string of the molecule is CC1CCN(C2=C(c3ccc(OC(C)C)cc3)C(=O)N(c3ccc(F)cc3F)C2=O)CC1. The minimum absolute atomic E-state index is 0.00222. The van der Waals surface area contributed by atoms with Gasteiger partial charge in [0.1, 0.15) is 23.1 Å². The van der Waals surface area contributed by atoms with Crippen molar-refractivity contribution in [3.8, 4) is 5.75 Å². The number of hydrogen-bond acceptors (Lipinski definition) is 4. The molecule has 0 atom stereocenters. The summed E-state index contributed by atoms with van der Waals surface area (Å²) in [5, 5.41) is 0. The summed E-state index contributed by atoms with van der Waals surface area (Å²) < 4.78 is 33.7. The van der Waals surface area contributed by atoms with Gasteiger partial charge in [-0.15, -0.1) is 0 Å². The number of amides is 2. The number of carbonyl (C=O) groups excluding carboxylic acids is 2. The maximum atomic E-state index is 14.5. The Bertz CT molecular complexity index is 1070. The van der Waals surface area contributed by atoms with Crippen LogP contribution in [0.5, 0.6) is 5.75 Å². The normalized spacial score (nSPS) is 17.7. The molecule has 2 heterocycles. The number of imide groups is 1. The smallest absolute Gasteiger partial charge is 0.282 e. The van der Waals surface area contributed by atoms with Crippen molar-refractivity contribution in [1.82, 2.24) is 4.90 Å². The average Bonchev–Trinajstić information content (AvgIpc) is 2.99. The lowest BCUT2D eigenvalue weighted by atomic mass is 9.97. The minimum Gasteiger partial charge on any atom is -0.491 e. The van der Waals surface area contributed by atoms with Crippen molar-refractivity contribution in [2.75, 3.05) is 18.0 Å². The van der Waals surface area contributed by atoms with Gasteiger partial charge in [-0.1, -0.05) is 19.1 Å². The zero-order valence-corrected chi connectivity index (χ0v) is 18.4. The van der Waals surface area contributed by atoms with E-state index in [1.165, 1.54) is 0 Å². The standard InChI is InChI=1S/C25H26F2N2O3/c1-15(2)32-19-7-4-17(5-8-19)22-23(28-12-10-16(3)11-13-28)25(31)29(24(22)30)21-9-6-18(26)14-20(21)27/h4-9,14-16H,10-13H2,1-3H3. The Morgan fingerprint density at radius 2 is 1.62 bits per heavy atom. The Labute approximate surface area is 186 Å². The molecule has 7 heteroatoms. The monoisotopic (exact) mass is 440 g/mol. The van der Waals surface area contributed by atoms with E-state index in [1.807, 2.05) is 18.7 Å². The third-order valence-corrected chi connectivity index (χ3v) is 5.82. The number of carbonyl (C=O) groups is 2. The number of rotatable bonds is 5. The molecule has 5 nitrogen and oxygen atoms in total. The largest absolute Gasteiger partial charge is 0.491 e. The van der Waals surface area contributed by atoms with Crippen LogP contribution in [-0.4, -0.2) is 35.9 Å². The van der Waals surface area contributed by atoms with E-state index in [1.54, 1.807) is 24.3 Å². The number of piperidine rings is 1. The third-order valence-electron chi connectivity index (χ3n) is 5.82. The van der Waals surface area contributed by atoms with Gasteiger partial charge in [-0.2, -0.15) is 0 Å². The number of anilines is 1. The van der Waals surface area contributed by atoms with Crippen molar-refractivity contribution >= 4 is 23.1 Å². The van der Waals surface area contributed by atoms with Gasteiger partial charge in [0.2, 0.25) is 0 Å². The van der Waals surface area contributed by atoms with Gasteiger partial charge >= 0.3 is 0 Å². The summed E-state index contributed by atoms with van der Waals surface area (Å²) in [6.45, 7) is 7.25. The highest BCUT2D eigenvalue weighted by Gasteiger charge is 2.43. The van der Waals surface area contributed by atoms with E-state index >= 15 is 0 Å². The molecule has 2 aromatic carbocycles. The molecule has 0 spiro atoms. The van der Waals surface area contributed by atoms with Gasteiger partial charge in [0.25, 0.3) is 11.8 Å². The van der Waals surface area contributed by atoms with Gasteiger partial charge in [0.05, 0.1) is 17.4 Å². The number of halogens is 2. The van der Waals surface area contributed by atoms with E-state index in [0.717, 1.165) is 29.9 Å². The summed E-state index contributed by atoms with van der Waals surface area (Å²) in [6.07, 6.45) is 1.78. The van der Waals surface area contributed by atoms with Crippen LogP contribution in [0.1, 0.15) is 39.2 Å². The van der Waals surface area contributed by atoms with Crippen LogP contribution in [-0.2, 0) is 9.59 Å². The van der Waals surface area contributed by atoms with Crippen LogP contribution >= 0.6 is 0 Å². The molecule has 0 radical (unpaired) electrons. The van der Waals surface area contributed by atoms with E-state index in [9.17, 15) is 18.4 Å². The second-order valence-electron chi connectivity index (χ2n) is 8.63. The molecule has 2 amide bonds. The summed E-state index contributed by atoms with van der Waals surface area (Å²) in [7, 11) is 0. The number of nitrogens with zero attached hydrogens (tertiary/aromatic N) is 2. The maximum absolute atomic E-state index is 14.5. The minimum atomic E-state index is -0.958. The number of benzene rings is 2. The van der Waals surface area contributed by atoms with Gasteiger partial charge < -0.3 is 9.64 Å². The quantitative estimate of drug-likeness (QED) is 0.629. The van der Waals surface area contributed by atoms with Crippen LogP contribution in [0.2, 0.25) is 0 Å². The van der Waals surface area contributed by atoms with E-state index in [0.29, 0.717) is 36.4 Å². The van der Waals surface area contributed by atoms with Crippen LogP contribution in [0.3, 0.4) is 0 Å². The lowest BCUT2D eigenvalue weighted by molar-refractivity contribution is -0.120. The third kappa shape index (κ3) is 4.11. The van der Waals surface area contributed by atoms with E-state index in [2.05, 4.69) is 6.92 Å². The van der Waals surface area contributed by atoms with Crippen molar-refractivity contribution < 1.29 is 23.1 Å². The summed E-state index contributed by atoms with van der Waals surface area (Å²) in [4.78, 5) is 29.6. The number of likely N-dealkylation sites (tertiary alicyclic amines) is 1. The Kier molecular flexibility index (Phi) is 6.00. The fourth-order valence-electron chi connectivity index (χ4n) is 4.16. The van der Waals surface area contributed by atoms with Gasteiger partial charge in [-0.05, 0) is 62.4 Å². The van der Waals surface area contributed by atoms with E-state index in [-0.39, 0.29) is 23.1 Å². The summed E-state index contributed by atoms with van der Waals surface area (Å²) in [5.41, 5.74) is 0.796. The fourth-order valence-corrected chi connectivity index (χ4v) is 4.16. The van der Waals surface area contributed by atoms with Crippen LogP contribution in [0.15, 0.2) is 48.2 Å². The summed E-state index contributed by atoms with van der Waals surface area (Å²) >= 11 is 0. The Morgan fingerprint density at radius 1 is 0.969 bits per heavy atom. The Hall–Kier alpha value is -3.22. The highest BCUT2D eigenvalue weighted by molar-refractivity contribution is 6.45. The van der Waals surface area contributed by atoms with E-state index in [4.69, 9.17) is 4.74 Å². The van der Waals surface area contributed by atoms with Gasteiger partial charge in [0, 0.05) is 19.2 Å². The predicted molar refractivity (Wildman–Crippen MR) is 118 cm³/mol. The first-order valence-electron chi connectivity index (χ1n) is 10.9. The fraction of sp³-hybridized carbons (Fsp3) is 0.360. The molecule has 0 aromatic heterocycles. The molecule has 4 rings (SSSR count). The van der Waals surface area contributed by atoms with Crippen molar-refractivity contribution in [3.05, 3.63) is 65.4 Å². The molecule has 0 bridgehead atoms. The topological polar surface area (TPSA) is 49.9 Å². The second-order valence-corrected chi connectivity index (χ2v) is 8.63. The first-order chi connectivity index (χ1) is 15.3.